The molecule has 8 nitrogen and oxygen atoms in total. The van der Waals surface area contributed by atoms with Crippen LogP contribution in [-0.4, -0.2) is 24.3 Å². The fraction of sp³-hybridized carbons (Fsp3) is 0.231. The van der Waals surface area contributed by atoms with Gasteiger partial charge in [0.1, 0.15) is 0 Å². The Kier molecular flexibility index (Phi) is 3.15. The number of hydrogen-bond donors (Lipinski definition) is 2. The third-order valence-corrected chi connectivity index (χ3v) is 3.30. The van der Waals surface area contributed by atoms with E-state index in [1.54, 1.807) is 41.7 Å². The number of nitrogens with two attached hydrogens (primary N) is 1. The molecule has 0 bridgehead atoms. The molecular formula is C13H15N7O. The van der Waals surface area contributed by atoms with Crippen LogP contribution >= 0.6 is 0 Å². The van der Waals surface area contributed by atoms with Gasteiger partial charge in [0.25, 0.3) is 5.56 Å². The molecular weight excluding hydrogens is 270 g/mol. The van der Waals surface area contributed by atoms with E-state index in [9.17, 15) is 4.79 Å². The summed E-state index contributed by atoms with van der Waals surface area (Å²) in [5, 5.41) is 4.87. The van der Waals surface area contributed by atoms with E-state index in [0.717, 1.165) is 5.39 Å². The minimum absolute atomic E-state index is 0.0616. The Morgan fingerprint density at radius 3 is 2.95 bits per heavy atom. The molecule has 0 fully saturated rings. The number of nitrogens with zero attached hydrogens (tertiary/aromatic N) is 5. The van der Waals surface area contributed by atoms with Crippen LogP contribution in [0.4, 0.5) is 5.82 Å². The highest BCUT2D eigenvalue weighted by Crippen LogP contribution is 2.18. The van der Waals surface area contributed by atoms with Crippen molar-refractivity contribution in [2.45, 2.75) is 13.5 Å². The lowest BCUT2D eigenvalue weighted by Crippen LogP contribution is -2.23. The van der Waals surface area contributed by atoms with E-state index < -0.39 is 0 Å². The first kappa shape index (κ1) is 13.3. The molecule has 21 heavy (non-hydrogen) atoms. The number of nitrogen functional groups attached to an aromatic ring is 1. The molecule has 0 atom stereocenters. The van der Waals surface area contributed by atoms with Crippen molar-refractivity contribution in [3.63, 3.8) is 0 Å². The number of fused-ring (bicyclic) bond motifs is 1. The summed E-state index contributed by atoms with van der Waals surface area (Å²) >= 11 is 0. The maximum atomic E-state index is 12.1. The number of aromatic nitrogens is 5. The van der Waals surface area contributed by atoms with Crippen LogP contribution in [0.25, 0.3) is 11.0 Å². The number of pyridine rings is 1. The second-order valence-electron chi connectivity index (χ2n) is 4.76. The molecule has 3 N–H and O–H groups in total. The average Bonchev–Trinajstić information content (AvgIpc) is 2.85. The first-order chi connectivity index (χ1) is 10.1. The predicted octanol–water partition coefficient (Wildman–Crippen LogP) is 0.167. The summed E-state index contributed by atoms with van der Waals surface area (Å²) in [5.74, 6) is 6.48. The SMILES string of the molecule is Cc1cccn(Cc2nc(NN)c3cnn(C)c3n2)c1=O. The molecule has 3 rings (SSSR count). The largest absolute Gasteiger partial charge is 0.308 e. The Balaban J connectivity index is 2.10. The molecule has 8 heteroatoms. The van der Waals surface area contributed by atoms with Gasteiger partial charge in [0.2, 0.25) is 0 Å². The lowest BCUT2D eigenvalue weighted by molar-refractivity contribution is 0.707. The van der Waals surface area contributed by atoms with Gasteiger partial charge in [-0.2, -0.15) is 5.10 Å². The molecule has 0 radical (unpaired) electrons. The molecule has 3 aromatic heterocycles. The summed E-state index contributed by atoms with van der Waals surface area (Å²) in [6.45, 7) is 2.05. The highest BCUT2D eigenvalue weighted by molar-refractivity contribution is 5.86. The zero-order valence-corrected chi connectivity index (χ0v) is 11.7. The fourth-order valence-corrected chi connectivity index (χ4v) is 2.18. The minimum atomic E-state index is -0.0616. The molecule has 0 aromatic carbocycles. The predicted molar refractivity (Wildman–Crippen MR) is 78.7 cm³/mol. The van der Waals surface area contributed by atoms with Crippen LogP contribution in [0.1, 0.15) is 11.4 Å². The van der Waals surface area contributed by atoms with E-state index in [1.165, 1.54) is 0 Å². The van der Waals surface area contributed by atoms with Gasteiger partial charge in [-0.15, -0.1) is 0 Å². The van der Waals surface area contributed by atoms with Gasteiger partial charge in [0.15, 0.2) is 17.3 Å². The molecule has 0 saturated heterocycles. The third-order valence-electron chi connectivity index (χ3n) is 3.30. The number of hydrogen-bond acceptors (Lipinski definition) is 6. The van der Waals surface area contributed by atoms with Crippen molar-refractivity contribution in [1.29, 1.82) is 0 Å². The van der Waals surface area contributed by atoms with E-state index in [-0.39, 0.29) is 12.1 Å². The Bertz CT molecular complexity index is 865. The highest BCUT2D eigenvalue weighted by atomic mass is 16.1. The highest BCUT2D eigenvalue weighted by Gasteiger charge is 2.11. The van der Waals surface area contributed by atoms with Gasteiger partial charge in [-0.05, 0) is 13.0 Å². The maximum absolute atomic E-state index is 12.1. The topological polar surface area (TPSA) is 104 Å². The van der Waals surface area contributed by atoms with Gasteiger partial charge in [0.05, 0.1) is 18.1 Å². The first-order valence-electron chi connectivity index (χ1n) is 6.41. The van der Waals surface area contributed by atoms with Gasteiger partial charge >= 0.3 is 0 Å². The molecule has 0 aliphatic heterocycles. The standard InChI is InChI=1S/C13H15N7O/c1-8-4-3-5-20(13(8)21)7-10-16-11(18-14)9-6-15-19(2)12(9)17-10/h3-6H,7,14H2,1-2H3,(H,16,17,18). The van der Waals surface area contributed by atoms with Crippen molar-refractivity contribution in [2.24, 2.45) is 12.9 Å². The van der Waals surface area contributed by atoms with Crippen LogP contribution < -0.4 is 16.8 Å². The number of rotatable bonds is 3. The van der Waals surface area contributed by atoms with E-state index in [0.29, 0.717) is 22.9 Å². The number of nitrogens with one attached hydrogen (secondary N) is 1. The van der Waals surface area contributed by atoms with Crippen LogP contribution in [0.15, 0.2) is 29.3 Å². The zero-order valence-electron chi connectivity index (χ0n) is 11.7. The molecule has 0 amide bonds. The molecule has 0 unspecified atom stereocenters. The normalized spacial score (nSPS) is 11.0. The van der Waals surface area contributed by atoms with Crippen molar-refractivity contribution in [2.75, 3.05) is 5.43 Å². The summed E-state index contributed by atoms with van der Waals surface area (Å²) in [7, 11) is 1.79. The molecule has 108 valence electrons. The maximum Gasteiger partial charge on any atom is 0.253 e. The molecule has 0 aliphatic carbocycles. The summed E-state index contributed by atoms with van der Waals surface area (Å²) < 4.78 is 3.20. The van der Waals surface area contributed by atoms with Gasteiger partial charge in [-0.3, -0.25) is 9.48 Å². The van der Waals surface area contributed by atoms with Crippen LogP contribution in [-0.2, 0) is 13.6 Å². The Labute approximate surface area is 120 Å². The first-order valence-corrected chi connectivity index (χ1v) is 6.41. The van der Waals surface area contributed by atoms with Crippen LogP contribution in [0, 0.1) is 6.92 Å². The third kappa shape index (κ3) is 2.25. The summed E-state index contributed by atoms with van der Waals surface area (Å²) in [6, 6.07) is 3.60. The van der Waals surface area contributed by atoms with Crippen molar-refractivity contribution < 1.29 is 0 Å². The van der Waals surface area contributed by atoms with Crippen molar-refractivity contribution in [3.8, 4) is 0 Å². The molecule has 0 aliphatic rings. The van der Waals surface area contributed by atoms with Crippen molar-refractivity contribution >= 4 is 16.9 Å². The van der Waals surface area contributed by atoms with Crippen LogP contribution in [0.5, 0.6) is 0 Å². The van der Waals surface area contributed by atoms with Gasteiger partial charge < -0.3 is 9.99 Å². The number of anilines is 1. The Morgan fingerprint density at radius 1 is 1.38 bits per heavy atom. The second kappa shape index (κ2) is 4.98. The van der Waals surface area contributed by atoms with Crippen molar-refractivity contribution in [3.05, 3.63) is 46.3 Å². The lowest BCUT2D eigenvalue weighted by Gasteiger charge is -2.08. The smallest absolute Gasteiger partial charge is 0.253 e. The summed E-state index contributed by atoms with van der Waals surface area (Å²) in [4.78, 5) is 20.8. The molecule has 3 aromatic rings. The van der Waals surface area contributed by atoms with E-state index in [1.807, 2.05) is 6.07 Å². The monoisotopic (exact) mass is 285 g/mol. The minimum Gasteiger partial charge on any atom is -0.308 e. The Hall–Kier alpha value is -2.74. The quantitative estimate of drug-likeness (QED) is 0.525. The Morgan fingerprint density at radius 2 is 2.19 bits per heavy atom. The zero-order chi connectivity index (χ0) is 15.0. The molecule has 0 spiro atoms. The number of aryl methyl sites for hydroxylation is 2. The lowest BCUT2D eigenvalue weighted by atomic mass is 10.3. The van der Waals surface area contributed by atoms with Gasteiger partial charge in [-0.1, -0.05) is 6.07 Å². The second-order valence-corrected chi connectivity index (χ2v) is 4.76. The van der Waals surface area contributed by atoms with Gasteiger partial charge in [-0.25, -0.2) is 15.8 Å². The van der Waals surface area contributed by atoms with Crippen LogP contribution in [0.2, 0.25) is 0 Å². The van der Waals surface area contributed by atoms with Crippen molar-refractivity contribution in [1.82, 2.24) is 24.3 Å². The number of hydrazine groups is 1. The van der Waals surface area contributed by atoms with E-state index >= 15 is 0 Å². The average molecular weight is 285 g/mol. The van der Waals surface area contributed by atoms with E-state index in [4.69, 9.17) is 5.84 Å². The van der Waals surface area contributed by atoms with Gasteiger partial charge in [0, 0.05) is 18.8 Å². The summed E-state index contributed by atoms with van der Waals surface area (Å²) in [6.07, 6.45) is 3.36. The van der Waals surface area contributed by atoms with E-state index in [2.05, 4.69) is 20.5 Å². The molecule has 0 saturated carbocycles. The summed E-state index contributed by atoms with van der Waals surface area (Å²) in [5.41, 5.74) is 3.82. The van der Waals surface area contributed by atoms with Crippen LogP contribution in [0.3, 0.4) is 0 Å². The molecule has 3 heterocycles. The fourth-order valence-electron chi connectivity index (χ4n) is 2.18.